The van der Waals surface area contributed by atoms with E-state index in [4.69, 9.17) is 28.4 Å². The maximum absolute atomic E-state index is 12.9. The summed E-state index contributed by atoms with van der Waals surface area (Å²) in [6.45, 7) is 10.1. The highest BCUT2D eigenvalue weighted by Gasteiger charge is 2.13. The van der Waals surface area contributed by atoms with Gasteiger partial charge in [-0.15, -0.1) is 0 Å². The third kappa shape index (κ3) is 13.6. The van der Waals surface area contributed by atoms with Crippen LogP contribution in [0.15, 0.2) is 121 Å². The Kier molecular flexibility index (Phi) is 15.6. The van der Waals surface area contributed by atoms with Crippen LogP contribution in [0.2, 0.25) is 0 Å². The molecule has 0 aromatic heterocycles. The minimum Gasteiger partial charge on any atom is -0.494 e. The second-order valence-corrected chi connectivity index (χ2v) is 11.5. The van der Waals surface area contributed by atoms with Crippen LogP contribution in [0, 0.1) is 6.92 Å². The van der Waals surface area contributed by atoms with Crippen molar-refractivity contribution in [3.63, 3.8) is 0 Å². The van der Waals surface area contributed by atoms with E-state index in [0.717, 1.165) is 35.4 Å². The van der Waals surface area contributed by atoms with Gasteiger partial charge >= 0.3 is 23.9 Å². The summed E-state index contributed by atoms with van der Waals surface area (Å²) in [5.41, 5.74) is 2.92. The summed E-state index contributed by atoms with van der Waals surface area (Å²) in [6.07, 6.45) is 6.79. The van der Waals surface area contributed by atoms with Gasteiger partial charge in [-0.05, 0) is 135 Å². The first kappa shape index (κ1) is 39.3. The lowest BCUT2D eigenvalue weighted by Crippen LogP contribution is -2.10. The summed E-state index contributed by atoms with van der Waals surface area (Å²) in [5, 5.41) is 0. The number of carbonyl (C=O) groups excluding carboxylic acids is 4. The highest BCUT2D eigenvalue weighted by molar-refractivity contribution is 5.93. The average Bonchev–Trinajstić information content (AvgIpc) is 3.18. The van der Waals surface area contributed by atoms with E-state index in [0.29, 0.717) is 68.4 Å². The maximum Gasteiger partial charge on any atom is 0.343 e. The molecule has 11 nitrogen and oxygen atoms in total. The molecule has 0 saturated carbocycles. The number of benzene rings is 4. The summed E-state index contributed by atoms with van der Waals surface area (Å²) in [5.74, 6) is -0.0158. The summed E-state index contributed by atoms with van der Waals surface area (Å²) < 4.78 is 32.3. The van der Waals surface area contributed by atoms with E-state index in [9.17, 15) is 19.2 Å². The summed E-state index contributed by atoms with van der Waals surface area (Å²) >= 11 is 0. The summed E-state index contributed by atoms with van der Waals surface area (Å²) in [4.78, 5) is 52.1. The number of nitrogens with zero attached hydrogens (tertiary/aromatic N) is 1. The van der Waals surface area contributed by atoms with E-state index in [1.807, 2.05) is 37.3 Å². The van der Waals surface area contributed by atoms with Crippen molar-refractivity contribution in [1.29, 1.82) is 0 Å². The fourth-order valence-electron chi connectivity index (χ4n) is 4.55. The molecule has 0 fully saturated rings. The third-order valence-electron chi connectivity index (χ3n) is 7.43. The molecule has 0 bridgehead atoms. The van der Waals surface area contributed by atoms with E-state index >= 15 is 0 Å². The zero-order valence-electron chi connectivity index (χ0n) is 29.5. The zero-order chi connectivity index (χ0) is 37.8. The molecule has 0 amide bonds. The molecule has 0 radical (unpaired) electrons. The minimum absolute atomic E-state index is 0.269. The molecular formula is C42H41NO10. The highest BCUT2D eigenvalue weighted by atomic mass is 16.5. The van der Waals surface area contributed by atoms with Gasteiger partial charge in [0, 0.05) is 18.4 Å². The molecule has 0 saturated heterocycles. The molecule has 0 heterocycles. The van der Waals surface area contributed by atoms with Crippen LogP contribution < -0.4 is 18.9 Å². The van der Waals surface area contributed by atoms with Crippen LogP contribution in [0.4, 0.5) is 5.69 Å². The van der Waals surface area contributed by atoms with Gasteiger partial charge in [-0.25, -0.2) is 19.2 Å². The van der Waals surface area contributed by atoms with Crippen molar-refractivity contribution in [2.45, 2.75) is 32.6 Å². The third-order valence-corrected chi connectivity index (χ3v) is 7.43. The quantitative estimate of drug-likeness (QED) is 0.0291. The van der Waals surface area contributed by atoms with Gasteiger partial charge < -0.3 is 28.4 Å². The van der Waals surface area contributed by atoms with Gasteiger partial charge in [-0.1, -0.05) is 13.2 Å². The van der Waals surface area contributed by atoms with Crippen LogP contribution in [-0.2, 0) is 19.1 Å². The number of aryl methyl sites for hydroxylation is 1. The Bertz CT molecular complexity index is 1880. The van der Waals surface area contributed by atoms with Crippen LogP contribution in [0.25, 0.3) is 0 Å². The Labute approximate surface area is 308 Å². The molecule has 0 spiro atoms. The van der Waals surface area contributed by atoms with Crippen LogP contribution in [0.5, 0.6) is 23.0 Å². The Morgan fingerprint density at radius 3 is 1.57 bits per heavy atom. The molecular weight excluding hydrogens is 678 g/mol. The molecule has 4 aromatic carbocycles. The molecule has 274 valence electrons. The number of ether oxygens (including phenoxy) is 6. The van der Waals surface area contributed by atoms with Crippen LogP contribution in [-0.4, -0.2) is 56.5 Å². The largest absolute Gasteiger partial charge is 0.494 e. The standard InChI is InChI=1S/C42H41NO10/c1-4-39(44)50-26-8-6-24-48-35-17-10-31(11-18-35)29-43-34-16-23-38(30(3)28-34)53-42(47)33-14-21-37(22-15-33)52-41(46)32-12-19-36(20-13-32)49-25-7-9-27-51-40(45)5-2/h4-5,10-23,28-29H,1-2,6-9,24-27H2,3H3/b43-29+. The second-order valence-electron chi connectivity index (χ2n) is 11.5. The zero-order valence-corrected chi connectivity index (χ0v) is 29.5. The molecule has 0 unspecified atom stereocenters. The number of carbonyl (C=O) groups is 4. The van der Waals surface area contributed by atoms with Gasteiger partial charge in [0.1, 0.15) is 23.0 Å². The normalized spacial score (nSPS) is 10.6. The second kappa shape index (κ2) is 21.0. The van der Waals surface area contributed by atoms with Crippen molar-refractivity contribution in [3.8, 4) is 23.0 Å². The number of rotatable bonds is 20. The predicted molar refractivity (Wildman–Crippen MR) is 199 cm³/mol. The number of hydrogen-bond donors (Lipinski definition) is 0. The van der Waals surface area contributed by atoms with Crippen molar-refractivity contribution in [2.24, 2.45) is 4.99 Å². The Morgan fingerprint density at radius 1 is 0.585 bits per heavy atom. The predicted octanol–water partition coefficient (Wildman–Crippen LogP) is 7.96. The van der Waals surface area contributed by atoms with Gasteiger partial charge in [0.05, 0.1) is 43.2 Å². The van der Waals surface area contributed by atoms with E-state index in [1.54, 1.807) is 42.6 Å². The number of unbranched alkanes of at least 4 members (excludes halogenated alkanes) is 2. The molecule has 4 aromatic rings. The van der Waals surface area contributed by atoms with Gasteiger partial charge in [-0.2, -0.15) is 0 Å². The highest BCUT2D eigenvalue weighted by Crippen LogP contribution is 2.25. The van der Waals surface area contributed by atoms with Crippen LogP contribution in [0.3, 0.4) is 0 Å². The molecule has 0 aliphatic heterocycles. The first-order valence-electron chi connectivity index (χ1n) is 17.0. The van der Waals surface area contributed by atoms with Crippen LogP contribution in [0.1, 0.15) is 57.5 Å². The van der Waals surface area contributed by atoms with E-state index in [-0.39, 0.29) is 11.3 Å². The lowest BCUT2D eigenvalue weighted by atomic mass is 10.2. The first-order valence-corrected chi connectivity index (χ1v) is 17.0. The lowest BCUT2D eigenvalue weighted by molar-refractivity contribution is -0.138. The van der Waals surface area contributed by atoms with E-state index in [1.165, 1.54) is 24.3 Å². The number of aliphatic imine (C=N–C) groups is 1. The topological polar surface area (TPSA) is 136 Å². The van der Waals surface area contributed by atoms with Gasteiger partial charge in [0.15, 0.2) is 0 Å². The molecule has 53 heavy (non-hydrogen) atoms. The van der Waals surface area contributed by atoms with Gasteiger partial charge in [0.2, 0.25) is 0 Å². The number of esters is 4. The molecule has 11 heteroatoms. The summed E-state index contributed by atoms with van der Waals surface area (Å²) in [6, 6.07) is 25.4. The van der Waals surface area contributed by atoms with Crippen molar-refractivity contribution in [1.82, 2.24) is 0 Å². The Morgan fingerprint density at radius 2 is 1.06 bits per heavy atom. The lowest BCUT2D eigenvalue weighted by Gasteiger charge is -2.09. The Hall–Kier alpha value is -6.49. The molecule has 0 atom stereocenters. The molecule has 0 aliphatic carbocycles. The van der Waals surface area contributed by atoms with Crippen LogP contribution >= 0.6 is 0 Å². The SMILES string of the molecule is C=CC(=O)OCCCCOc1ccc(/C=N/c2ccc(OC(=O)c3ccc(OC(=O)c4ccc(OCCCCOC(=O)C=C)cc4)cc3)c(C)c2)cc1. The Balaban J connectivity index is 1.19. The van der Waals surface area contributed by atoms with E-state index < -0.39 is 23.9 Å². The van der Waals surface area contributed by atoms with Crippen molar-refractivity contribution in [2.75, 3.05) is 26.4 Å². The molecule has 4 rings (SSSR count). The number of hydrogen-bond acceptors (Lipinski definition) is 11. The van der Waals surface area contributed by atoms with Gasteiger partial charge in [0.25, 0.3) is 0 Å². The van der Waals surface area contributed by atoms with Gasteiger partial charge in [-0.3, -0.25) is 4.99 Å². The molecule has 0 aliphatic rings. The summed E-state index contributed by atoms with van der Waals surface area (Å²) in [7, 11) is 0. The first-order chi connectivity index (χ1) is 25.7. The van der Waals surface area contributed by atoms with E-state index in [2.05, 4.69) is 18.2 Å². The smallest absolute Gasteiger partial charge is 0.343 e. The minimum atomic E-state index is -0.561. The molecule has 0 N–H and O–H groups in total. The monoisotopic (exact) mass is 719 g/mol. The fraction of sp³-hybridized carbons (Fsp3) is 0.214. The fourth-order valence-corrected chi connectivity index (χ4v) is 4.55. The van der Waals surface area contributed by atoms with Crippen molar-refractivity contribution < 1.29 is 47.6 Å². The van der Waals surface area contributed by atoms with Crippen molar-refractivity contribution in [3.05, 3.63) is 139 Å². The van der Waals surface area contributed by atoms with Crippen molar-refractivity contribution >= 4 is 35.8 Å². The average molecular weight is 720 g/mol. The maximum atomic E-state index is 12.9.